The number of amides is 1. The summed E-state index contributed by atoms with van der Waals surface area (Å²) in [5.74, 6) is -0.559. The number of rotatable bonds is 7. The number of benzene rings is 1. The van der Waals surface area contributed by atoms with E-state index in [-0.39, 0.29) is 12.5 Å². The van der Waals surface area contributed by atoms with Crippen molar-refractivity contribution in [2.24, 2.45) is 0 Å². The van der Waals surface area contributed by atoms with Crippen molar-refractivity contribution < 1.29 is 14.3 Å². The SMILES string of the molecule is CCOC(=O)c1cc2ccsc2n1CC(=O)NCc1ccc(N(C)C)cc1. The summed E-state index contributed by atoms with van der Waals surface area (Å²) in [6, 6.07) is 11.7. The van der Waals surface area contributed by atoms with Gasteiger partial charge in [0, 0.05) is 31.7 Å². The molecule has 27 heavy (non-hydrogen) atoms. The van der Waals surface area contributed by atoms with Gasteiger partial charge in [-0.2, -0.15) is 0 Å². The molecule has 7 heteroatoms. The Morgan fingerprint density at radius 1 is 1.19 bits per heavy atom. The molecule has 0 atom stereocenters. The Kier molecular flexibility index (Phi) is 5.81. The maximum absolute atomic E-state index is 12.5. The van der Waals surface area contributed by atoms with E-state index in [9.17, 15) is 9.59 Å². The lowest BCUT2D eigenvalue weighted by Gasteiger charge is -2.13. The zero-order valence-electron chi connectivity index (χ0n) is 15.7. The van der Waals surface area contributed by atoms with E-state index in [0.717, 1.165) is 21.5 Å². The van der Waals surface area contributed by atoms with E-state index < -0.39 is 5.97 Å². The first kappa shape index (κ1) is 19.0. The molecule has 3 rings (SSSR count). The monoisotopic (exact) mass is 385 g/mol. The van der Waals surface area contributed by atoms with Crippen molar-refractivity contribution in [1.82, 2.24) is 9.88 Å². The lowest BCUT2D eigenvalue weighted by Crippen LogP contribution is -2.28. The van der Waals surface area contributed by atoms with Crippen molar-refractivity contribution in [3.05, 3.63) is 53.0 Å². The molecule has 1 N–H and O–H groups in total. The second-order valence-corrected chi connectivity index (χ2v) is 7.25. The average molecular weight is 385 g/mol. The summed E-state index contributed by atoms with van der Waals surface area (Å²) >= 11 is 1.50. The highest BCUT2D eigenvalue weighted by Gasteiger charge is 2.19. The number of fused-ring (bicyclic) bond motifs is 1. The summed E-state index contributed by atoms with van der Waals surface area (Å²) in [5.41, 5.74) is 2.54. The van der Waals surface area contributed by atoms with Crippen LogP contribution in [0.1, 0.15) is 23.0 Å². The van der Waals surface area contributed by atoms with E-state index in [1.165, 1.54) is 11.3 Å². The molecule has 0 bridgehead atoms. The number of esters is 1. The fourth-order valence-electron chi connectivity index (χ4n) is 2.82. The largest absolute Gasteiger partial charge is 0.461 e. The molecular weight excluding hydrogens is 362 g/mol. The first-order chi connectivity index (χ1) is 13.0. The van der Waals surface area contributed by atoms with Gasteiger partial charge in [-0.3, -0.25) is 4.79 Å². The molecule has 0 saturated heterocycles. The molecule has 1 aromatic carbocycles. The quantitative estimate of drug-likeness (QED) is 0.634. The molecule has 3 aromatic rings. The van der Waals surface area contributed by atoms with Crippen LogP contribution in [0.5, 0.6) is 0 Å². The summed E-state index contributed by atoms with van der Waals surface area (Å²) in [6.45, 7) is 2.58. The summed E-state index contributed by atoms with van der Waals surface area (Å²) < 4.78 is 6.84. The number of nitrogens with one attached hydrogen (secondary N) is 1. The molecular formula is C20H23N3O3S. The van der Waals surface area contributed by atoms with Gasteiger partial charge in [-0.25, -0.2) is 4.79 Å². The number of hydrogen-bond acceptors (Lipinski definition) is 5. The fraction of sp³-hybridized carbons (Fsp3) is 0.300. The Hall–Kier alpha value is -2.80. The number of aromatic nitrogens is 1. The van der Waals surface area contributed by atoms with Crippen molar-refractivity contribution in [3.63, 3.8) is 0 Å². The van der Waals surface area contributed by atoms with Crippen LogP contribution < -0.4 is 10.2 Å². The zero-order chi connectivity index (χ0) is 19.4. The van der Waals surface area contributed by atoms with Gasteiger partial charge in [0.05, 0.1) is 6.61 Å². The van der Waals surface area contributed by atoms with Crippen molar-refractivity contribution in [3.8, 4) is 0 Å². The molecule has 0 aliphatic carbocycles. The van der Waals surface area contributed by atoms with Crippen LogP contribution in [-0.2, 0) is 22.6 Å². The van der Waals surface area contributed by atoms with Gasteiger partial charge in [-0.05, 0) is 42.1 Å². The van der Waals surface area contributed by atoms with Crippen LogP contribution >= 0.6 is 11.3 Å². The van der Waals surface area contributed by atoms with E-state index in [0.29, 0.717) is 18.8 Å². The third kappa shape index (κ3) is 4.31. The van der Waals surface area contributed by atoms with Crippen LogP contribution in [0.4, 0.5) is 5.69 Å². The van der Waals surface area contributed by atoms with Gasteiger partial charge in [-0.1, -0.05) is 12.1 Å². The van der Waals surface area contributed by atoms with E-state index in [2.05, 4.69) is 5.32 Å². The van der Waals surface area contributed by atoms with Crippen LogP contribution in [-0.4, -0.2) is 37.1 Å². The molecule has 0 radical (unpaired) electrons. The number of carbonyl (C=O) groups excluding carboxylic acids is 2. The minimum Gasteiger partial charge on any atom is -0.461 e. The minimum atomic E-state index is -0.409. The highest BCUT2D eigenvalue weighted by atomic mass is 32.1. The van der Waals surface area contributed by atoms with E-state index in [1.54, 1.807) is 17.6 Å². The number of carbonyl (C=O) groups is 2. The lowest BCUT2D eigenvalue weighted by molar-refractivity contribution is -0.121. The summed E-state index contributed by atoms with van der Waals surface area (Å²) in [4.78, 5) is 27.6. The molecule has 0 aliphatic heterocycles. The first-order valence-corrected chi connectivity index (χ1v) is 9.64. The van der Waals surface area contributed by atoms with E-state index >= 15 is 0 Å². The summed E-state index contributed by atoms with van der Waals surface area (Å²) in [6.07, 6.45) is 0. The number of nitrogens with zero attached hydrogens (tertiary/aromatic N) is 2. The molecule has 6 nitrogen and oxygen atoms in total. The first-order valence-electron chi connectivity index (χ1n) is 8.76. The number of thiophene rings is 1. The highest BCUT2D eigenvalue weighted by Crippen LogP contribution is 2.26. The predicted octanol–water partition coefficient (Wildman–Crippen LogP) is 3.26. The molecule has 2 aromatic heterocycles. The Bertz CT molecular complexity index is 941. The Morgan fingerprint density at radius 2 is 1.93 bits per heavy atom. The standard InChI is InChI=1S/C20H23N3O3S/c1-4-26-20(25)17-11-15-9-10-27-19(15)23(17)13-18(24)21-12-14-5-7-16(8-6-14)22(2)3/h5-11H,4,12-13H2,1-3H3,(H,21,24). The van der Waals surface area contributed by atoms with Crippen molar-refractivity contribution in [2.75, 3.05) is 25.6 Å². The molecule has 142 valence electrons. The normalized spacial score (nSPS) is 10.8. The van der Waals surface area contributed by atoms with E-state index in [4.69, 9.17) is 4.74 Å². The smallest absolute Gasteiger partial charge is 0.355 e. The van der Waals surface area contributed by atoms with Gasteiger partial charge in [0.15, 0.2) is 0 Å². The number of ether oxygens (including phenoxy) is 1. The maximum atomic E-state index is 12.5. The van der Waals surface area contributed by atoms with Gasteiger partial charge in [-0.15, -0.1) is 11.3 Å². The molecule has 0 spiro atoms. The van der Waals surface area contributed by atoms with Crippen LogP contribution in [0, 0.1) is 0 Å². The molecule has 1 amide bonds. The number of anilines is 1. The Labute approximate surface area is 162 Å². The molecule has 0 aliphatic rings. The predicted molar refractivity (Wildman–Crippen MR) is 108 cm³/mol. The molecule has 0 saturated carbocycles. The zero-order valence-corrected chi connectivity index (χ0v) is 16.5. The van der Waals surface area contributed by atoms with Crippen molar-refractivity contribution >= 4 is 39.1 Å². The van der Waals surface area contributed by atoms with Crippen molar-refractivity contribution in [2.45, 2.75) is 20.0 Å². The van der Waals surface area contributed by atoms with Gasteiger partial charge < -0.3 is 19.5 Å². The second-order valence-electron chi connectivity index (χ2n) is 6.35. The molecule has 2 heterocycles. The number of hydrogen-bond donors (Lipinski definition) is 1. The van der Waals surface area contributed by atoms with Gasteiger partial charge in [0.1, 0.15) is 17.1 Å². The fourth-order valence-corrected chi connectivity index (χ4v) is 3.71. The van der Waals surface area contributed by atoms with Gasteiger partial charge >= 0.3 is 5.97 Å². The lowest BCUT2D eigenvalue weighted by atomic mass is 10.2. The van der Waals surface area contributed by atoms with Crippen LogP contribution in [0.25, 0.3) is 10.2 Å². The van der Waals surface area contributed by atoms with Gasteiger partial charge in [0.25, 0.3) is 0 Å². The molecule has 0 fully saturated rings. The maximum Gasteiger partial charge on any atom is 0.355 e. The minimum absolute atomic E-state index is 0.0773. The Morgan fingerprint density at radius 3 is 2.59 bits per heavy atom. The third-order valence-corrected chi connectivity index (χ3v) is 5.18. The van der Waals surface area contributed by atoms with Crippen LogP contribution in [0.2, 0.25) is 0 Å². The van der Waals surface area contributed by atoms with Crippen LogP contribution in [0.3, 0.4) is 0 Å². The van der Waals surface area contributed by atoms with Crippen molar-refractivity contribution in [1.29, 1.82) is 0 Å². The molecule has 0 unspecified atom stereocenters. The Balaban J connectivity index is 1.69. The van der Waals surface area contributed by atoms with Crippen LogP contribution in [0.15, 0.2) is 41.8 Å². The van der Waals surface area contributed by atoms with Gasteiger partial charge in [0.2, 0.25) is 5.91 Å². The summed E-state index contributed by atoms with van der Waals surface area (Å²) in [5, 5.41) is 5.80. The average Bonchev–Trinajstić information content (AvgIpc) is 3.23. The highest BCUT2D eigenvalue weighted by molar-refractivity contribution is 7.16. The third-order valence-electron chi connectivity index (χ3n) is 4.23. The topological polar surface area (TPSA) is 63.6 Å². The van der Waals surface area contributed by atoms with E-state index in [1.807, 2.05) is 54.7 Å². The summed E-state index contributed by atoms with van der Waals surface area (Å²) in [7, 11) is 3.97. The second kappa shape index (κ2) is 8.26.